The van der Waals surface area contributed by atoms with Crippen molar-refractivity contribution >= 4 is 23.1 Å². The highest BCUT2D eigenvalue weighted by Crippen LogP contribution is 2.32. The van der Waals surface area contributed by atoms with Crippen LogP contribution in [0.2, 0.25) is 5.15 Å². The SMILES string of the molecule is CC1(Nc2ncnc(Cl)c2[N+](=O)[O-])CCOCC1. The number of ether oxygens (including phenoxy) is 1. The minimum absolute atomic E-state index is 0.157. The van der Waals surface area contributed by atoms with Gasteiger partial charge in [0.2, 0.25) is 11.0 Å². The van der Waals surface area contributed by atoms with Crippen molar-refractivity contribution < 1.29 is 9.66 Å². The second-order valence-corrected chi connectivity index (χ2v) is 4.77. The van der Waals surface area contributed by atoms with Crippen molar-refractivity contribution in [1.29, 1.82) is 0 Å². The lowest BCUT2D eigenvalue weighted by molar-refractivity contribution is -0.384. The van der Waals surface area contributed by atoms with E-state index in [1.807, 2.05) is 6.92 Å². The normalized spacial score (nSPS) is 18.3. The van der Waals surface area contributed by atoms with Crippen LogP contribution in [0.1, 0.15) is 19.8 Å². The number of nitrogens with zero attached hydrogens (tertiary/aromatic N) is 3. The first-order valence-electron chi connectivity index (χ1n) is 5.53. The van der Waals surface area contributed by atoms with E-state index in [1.165, 1.54) is 6.33 Å². The predicted octanol–water partition coefficient (Wildman–Crippen LogP) is 2.02. The maximum atomic E-state index is 11.0. The Morgan fingerprint density at radius 2 is 2.17 bits per heavy atom. The van der Waals surface area contributed by atoms with Crippen molar-refractivity contribution in [2.24, 2.45) is 0 Å². The van der Waals surface area contributed by atoms with Crippen LogP contribution in [-0.4, -0.2) is 33.6 Å². The van der Waals surface area contributed by atoms with Gasteiger partial charge in [-0.25, -0.2) is 9.97 Å². The molecule has 0 aromatic carbocycles. The van der Waals surface area contributed by atoms with E-state index in [4.69, 9.17) is 16.3 Å². The molecule has 0 radical (unpaired) electrons. The Hall–Kier alpha value is -1.47. The van der Waals surface area contributed by atoms with Crippen molar-refractivity contribution in [2.75, 3.05) is 18.5 Å². The van der Waals surface area contributed by atoms with E-state index >= 15 is 0 Å². The average molecular weight is 273 g/mol. The fraction of sp³-hybridized carbons (Fsp3) is 0.600. The Morgan fingerprint density at radius 1 is 1.50 bits per heavy atom. The van der Waals surface area contributed by atoms with Crippen LogP contribution in [0.3, 0.4) is 0 Å². The lowest BCUT2D eigenvalue weighted by Crippen LogP contribution is -2.41. The molecule has 2 rings (SSSR count). The minimum atomic E-state index is -0.576. The van der Waals surface area contributed by atoms with Crippen molar-refractivity contribution in [3.8, 4) is 0 Å². The summed E-state index contributed by atoms with van der Waals surface area (Å²) in [6, 6.07) is 0. The smallest absolute Gasteiger partial charge is 0.348 e. The van der Waals surface area contributed by atoms with Crippen LogP contribution in [0, 0.1) is 10.1 Å². The molecule has 1 aromatic heterocycles. The summed E-state index contributed by atoms with van der Waals surface area (Å²) in [6.45, 7) is 3.22. The van der Waals surface area contributed by atoms with Gasteiger partial charge in [0.1, 0.15) is 6.33 Å². The third-order valence-electron chi connectivity index (χ3n) is 2.98. The summed E-state index contributed by atoms with van der Waals surface area (Å²) in [5.74, 6) is 0.157. The van der Waals surface area contributed by atoms with E-state index in [1.54, 1.807) is 0 Å². The molecule has 1 fully saturated rings. The fourth-order valence-corrected chi connectivity index (χ4v) is 2.05. The van der Waals surface area contributed by atoms with Crippen LogP contribution >= 0.6 is 11.6 Å². The summed E-state index contributed by atoms with van der Waals surface area (Å²) >= 11 is 5.73. The Bertz CT molecular complexity index is 462. The fourth-order valence-electron chi connectivity index (χ4n) is 1.84. The second kappa shape index (κ2) is 5.03. The summed E-state index contributed by atoms with van der Waals surface area (Å²) in [6.07, 6.45) is 2.72. The molecule has 1 saturated heterocycles. The Kier molecular flexibility index (Phi) is 3.63. The van der Waals surface area contributed by atoms with E-state index in [2.05, 4.69) is 15.3 Å². The van der Waals surface area contributed by atoms with Crippen molar-refractivity contribution in [3.63, 3.8) is 0 Å². The molecule has 8 heteroatoms. The lowest BCUT2D eigenvalue weighted by atomic mass is 9.92. The molecule has 1 aromatic rings. The number of rotatable bonds is 3. The summed E-state index contributed by atoms with van der Waals surface area (Å²) in [5.41, 5.74) is -0.562. The molecule has 0 unspecified atom stereocenters. The molecule has 7 nitrogen and oxygen atoms in total. The van der Waals surface area contributed by atoms with Gasteiger partial charge < -0.3 is 10.1 Å². The first-order chi connectivity index (χ1) is 8.52. The zero-order valence-electron chi connectivity index (χ0n) is 9.85. The number of nitrogens with one attached hydrogen (secondary N) is 1. The lowest BCUT2D eigenvalue weighted by Gasteiger charge is -2.34. The monoisotopic (exact) mass is 272 g/mol. The molecule has 1 aliphatic rings. The topological polar surface area (TPSA) is 90.2 Å². The van der Waals surface area contributed by atoms with Crippen LogP contribution in [0.15, 0.2) is 6.33 Å². The van der Waals surface area contributed by atoms with E-state index in [-0.39, 0.29) is 22.2 Å². The van der Waals surface area contributed by atoms with Crippen molar-refractivity contribution in [3.05, 3.63) is 21.6 Å². The molecule has 0 aliphatic carbocycles. The summed E-state index contributed by atoms with van der Waals surface area (Å²) < 4.78 is 5.27. The van der Waals surface area contributed by atoms with Crippen LogP contribution in [0.4, 0.5) is 11.5 Å². The molecular weight excluding hydrogens is 260 g/mol. The highest BCUT2D eigenvalue weighted by atomic mass is 35.5. The number of halogens is 1. The molecule has 2 heterocycles. The summed E-state index contributed by atoms with van der Waals surface area (Å²) in [4.78, 5) is 17.9. The predicted molar refractivity (Wildman–Crippen MR) is 65.8 cm³/mol. The Labute approximate surface area is 109 Å². The van der Waals surface area contributed by atoms with Gasteiger partial charge in [0.05, 0.1) is 4.92 Å². The van der Waals surface area contributed by atoms with Gasteiger partial charge in [0.15, 0.2) is 0 Å². The van der Waals surface area contributed by atoms with Crippen molar-refractivity contribution in [1.82, 2.24) is 9.97 Å². The van der Waals surface area contributed by atoms with E-state index in [0.717, 1.165) is 12.8 Å². The largest absolute Gasteiger partial charge is 0.381 e. The average Bonchev–Trinajstić information content (AvgIpc) is 2.28. The van der Waals surface area contributed by atoms with Gasteiger partial charge in [-0.1, -0.05) is 11.6 Å². The third-order valence-corrected chi connectivity index (χ3v) is 3.25. The van der Waals surface area contributed by atoms with E-state index in [0.29, 0.717) is 13.2 Å². The first-order valence-corrected chi connectivity index (χ1v) is 5.90. The van der Waals surface area contributed by atoms with Gasteiger partial charge in [0, 0.05) is 18.8 Å². The first kappa shape index (κ1) is 13.0. The Morgan fingerprint density at radius 3 is 2.78 bits per heavy atom. The number of nitro groups is 1. The zero-order valence-corrected chi connectivity index (χ0v) is 10.6. The van der Waals surface area contributed by atoms with E-state index < -0.39 is 4.92 Å². The quantitative estimate of drug-likeness (QED) is 0.514. The van der Waals surface area contributed by atoms with Crippen molar-refractivity contribution in [2.45, 2.75) is 25.3 Å². The number of hydrogen-bond acceptors (Lipinski definition) is 6. The molecule has 0 atom stereocenters. The molecule has 1 N–H and O–H groups in total. The van der Waals surface area contributed by atoms with Gasteiger partial charge >= 0.3 is 5.69 Å². The number of anilines is 1. The van der Waals surface area contributed by atoms with Gasteiger partial charge in [-0.15, -0.1) is 0 Å². The molecule has 0 bridgehead atoms. The number of aromatic nitrogens is 2. The molecule has 1 aliphatic heterocycles. The standard InChI is InChI=1S/C10H13ClN4O3/c1-10(2-4-18-5-3-10)14-9-7(15(16)17)8(11)12-6-13-9/h6H,2-5H2,1H3,(H,12,13,14). The molecule has 0 saturated carbocycles. The molecule has 18 heavy (non-hydrogen) atoms. The van der Waals surface area contributed by atoms with Gasteiger partial charge in [-0.3, -0.25) is 10.1 Å². The molecule has 0 spiro atoms. The highest BCUT2D eigenvalue weighted by Gasteiger charge is 2.31. The van der Waals surface area contributed by atoms with E-state index in [9.17, 15) is 10.1 Å². The molecular formula is C10H13ClN4O3. The zero-order chi connectivity index (χ0) is 13.2. The second-order valence-electron chi connectivity index (χ2n) is 4.42. The minimum Gasteiger partial charge on any atom is -0.381 e. The van der Waals surface area contributed by atoms with Gasteiger partial charge in [0.25, 0.3) is 0 Å². The van der Waals surface area contributed by atoms with Crippen LogP contribution < -0.4 is 5.32 Å². The maximum absolute atomic E-state index is 11.0. The number of hydrogen-bond donors (Lipinski definition) is 1. The summed E-state index contributed by atoms with van der Waals surface area (Å²) in [5, 5.41) is 13.9. The van der Waals surface area contributed by atoms with Crippen LogP contribution in [0.25, 0.3) is 0 Å². The molecule has 0 amide bonds. The third kappa shape index (κ3) is 2.68. The summed E-state index contributed by atoms with van der Waals surface area (Å²) in [7, 11) is 0. The van der Waals surface area contributed by atoms with Crippen LogP contribution in [0.5, 0.6) is 0 Å². The maximum Gasteiger partial charge on any atom is 0.348 e. The Balaban J connectivity index is 2.28. The van der Waals surface area contributed by atoms with Crippen LogP contribution in [-0.2, 0) is 4.74 Å². The van der Waals surface area contributed by atoms with Gasteiger partial charge in [-0.2, -0.15) is 0 Å². The van der Waals surface area contributed by atoms with Gasteiger partial charge in [-0.05, 0) is 19.8 Å². The molecule has 98 valence electrons. The highest BCUT2D eigenvalue weighted by molar-refractivity contribution is 6.31.